The Bertz CT molecular complexity index is 1230. The Kier molecular flexibility index (Phi) is 54.3. The molecule has 0 aromatic carbocycles. The average Bonchev–Trinajstić information content (AvgIpc) is 3.34. The van der Waals surface area contributed by atoms with Gasteiger partial charge in [0.15, 0.2) is 6.10 Å². The number of carbonyl (C=O) groups is 3. The topological polar surface area (TPSA) is 78.9 Å². The predicted octanol–water partition coefficient (Wildman–Crippen LogP) is 19.6. The highest BCUT2D eigenvalue weighted by Gasteiger charge is 2.19. The third-order valence-corrected chi connectivity index (χ3v) is 12.8. The standard InChI is InChI=1S/C62H110O6/c1-4-7-10-13-16-19-22-24-26-28-30-31-32-34-35-37-40-43-46-49-52-55-61(64)67-58-59(57-66-60(63)54-51-48-45-42-39-21-18-15-12-9-6-3)68-62(65)56-53-50-47-44-41-38-36-33-29-27-25-23-20-17-14-11-8-5-2/h7,10,15-16,18-19,24,26,30-31,59H,4-6,8-9,11-14,17,20-23,25,27-29,32-58H2,1-3H3/b10-7-,18-15-,19-16-,26-24-,31-30-. The highest BCUT2D eigenvalue weighted by Crippen LogP contribution is 2.16. The van der Waals surface area contributed by atoms with Gasteiger partial charge in [-0.1, -0.05) is 261 Å². The number of rotatable bonds is 53. The molecule has 394 valence electrons. The summed E-state index contributed by atoms with van der Waals surface area (Å²) in [6.07, 6.45) is 70.7. The van der Waals surface area contributed by atoms with E-state index < -0.39 is 6.10 Å². The zero-order chi connectivity index (χ0) is 49.3. The van der Waals surface area contributed by atoms with Crippen LogP contribution in [0.4, 0.5) is 0 Å². The molecule has 0 rings (SSSR count). The Labute approximate surface area is 421 Å². The van der Waals surface area contributed by atoms with Crippen LogP contribution in [-0.2, 0) is 28.6 Å². The quantitative estimate of drug-likeness (QED) is 0.0262. The monoisotopic (exact) mass is 951 g/mol. The van der Waals surface area contributed by atoms with E-state index in [1.54, 1.807) is 0 Å². The number of hydrogen-bond acceptors (Lipinski definition) is 6. The van der Waals surface area contributed by atoms with E-state index in [0.29, 0.717) is 19.3 Å². The summed E-state index contributed by atoms with van der Waals surface area (Å²) in [6, 6.07) is 0. The highest BCUT2D eigenvalue weighted by molar-refractivity contribution is 5.71. The molecule has 0 amide bonds. The minimum Gasteiger partial charge on any atom is -0.462 e. The van der Waals surface area contributed by atoms with Crippen LogP contribution in [0.25, 0.3) is 0 Å². The van der Waals surface area contributed by atoms with Gasteiger partial charge in [-0.3, -0.25) is 14.4 Å². The molecule has 0 aromatic heterocycles. The van der Waals surface area contributed by atoms with Gasteiger partial charge in [-0.15, -0.1) is 0 Å². The molecule has 1 unspecified atom stereocenters. The Morgan fingerprint density at radius 1 is 0.309 bits per heavy atom. The molecule has 0 aliphatic rings. The van der Waals surface area contributed by atoms with E-state index in [1.807, 2.05) is 0 Å². The zero-order valence-electron chi connectivity index (χ0n) is 45.1. The third-order valence-electron chi connectivity index (χ3n) is 12.8. The summed E-state index contributed by atoms with van der Waals surface area (Å²) in [6.45, 7) is 6.51. The van der Waals surface area contributed by atoms with E-state index in [1.165, 1.54) is 161 Å². The molecule has 0 heterocycles. The van der Waals surface area contributed by atoms with E-state index in [4.69, 9.17) is 14.2 Å². The van der Waals surface area contributed by atoms with Crippen molar-refractivity contribution in [2.45, 2.75) is 303 Å². The van der Waals surface area contributed by atoms with Crippen LogP contribution >= 0.6 is 0 Å². The lowest BCUT2D eigenvalue weighted by Crippen LogP contribution is -2.30. The first-order valence-electron chi connectivity index (χ1n) is 29.3. The fourth-order valence-corrected chi connectivity index (χ4v) is 8.36. The maximum absolute atomic E-state index is 12.9. The lowest BCUT2D eigenvalue weighted by atomic mass is 10.0. The smallest absolute Gasteiger partial charge is 0.306 e. The molecule has 0 N–H and O–H groups in total. The van der Waals surface area contributed by atoms with Crippen molar-refractivity contribution in [1.29, 1.82) is 0 Å². The molecule has 68 heavy (non-hydrogen) atoms. The SMILES string of the molecule is CC/C=C\C/C=C\C/C=C\C/C=C\CCCCCCCCCCC(=O)OCC(COC(=O)CCCCCCC/C=C\CCCC)OC(=O)CCCCCCCCCCCCCCCCCCCC. The van der Waals surface area contributed by atoms with Gasteiger partial charge in [0.25, 0.3) is 0 Å². The summed E-state index contributed by atoms with van der Waals surface area (Å²) in [4.78, 5) is 38.1. The number of hydrogen-bond donors (Lipinski definition) is 0. The molecule has 6 nitrogen and oxygen atoms in total. The van der Waals surface area contributed by atoms with Crippen LogP contribution in [0.2, 0.25) is 0 Å². The first-order valence-corrected chi connectivity index (χ1v) is 29.3. The lowest BCUT2D eigenvalue weighted by molar-refractivity contribution is -0.167. The van der Waals surface area contributed by atoms with Crippen molar-refractivity contribution in [3.05, 3.63) is 60.8 Å². The Morgan fingerprint density at radius 3 is 0.956 bits per heavy atom. The first kappa shape index (κ1) is 65.1. The van der Waals surface area contributed by atoms with E-state index in [2.05, 4.69) is 81.5 Å². The Morgan fingerprint density at radius 2 is 0.588 bits per heavy atom. The predicted molar refractivity (Wildman–Crippen MR) is 293 cm³/mol. The summed E-state index contributed by atoms with van der Waals surface area (Å²) in [5, 5.41) is 0. The molecular formula is C62H110O6. The number of unbranched alkanes of at least 4 members (excludes halogenated alkanes) is 32. The number of esters is 3. The fraction of sp³-hybridized carbons (Fsp3) is 0.790. The zero-order valence-corrected chi connectivity index (χ0v) is 45.1. The molecule has 0 aromatic rings. The van der Waals surface area contributed by atoms with Crippen LogP contribution in [0.5, 0.6) is 0 Å². The summed E-state index contributed by atoms with van der Waals surface area (Å²) in [5.74, 6) is -0.882. The van der Waals surface area contributed by atoms with Crippen LogP contribution in [0, 0.1) is 0 Å². The molecule has 6 heteroatoms. The molecule has 0 saturated carbocycles. The maximum atomic E-state index is 12.9. The van der Waals surface area contributed by atoms with E-state index in [9.17, 15) is 14.4 Å². The number of allylic oxidation sites excluding steroid dienone is 10. The fourth-order valence-electron chi connectivity index (χ4n) is 8.36. The van der Waals surface area contributed by atoms with Crippen molar-refractivity contribution in [3.8, 4) is 0 Å². The van der Waals surface area contributed by atoms with Crippen molar-refractivity contribution < 1.29 is 28.6 Å². The molecule has 0 aliphatic carbocycles. The van der Waals surface area contributed by atoms with Gasteiger partial charge in [-0.2, -0.15) is 0 Å². The van der Waals surface area contributed by atoms with Crippen molar-refractivity contribution in [2.24, 2.45) is 0 Å². The van der Waals surface area contributed by atoms with Gasteiger partial charge in [-0.25, -0.2) is 0 Å². The van der Waals surface area contributed by atoms with Crippen molar-refractivity contribution >= 4 is 17.9 Å². The van der Waals surface area contributed by atoms with Gasteiger partial charge in [0.05, 0.1) is 0 Å². The van der Waals surface area contributed by atoms with Crippen LogP contribution < -0.4 is 0 Å². The van der Waals surface area contributed by atoms with Gasteiger partial charge in [0.2, 0.25) is 0 Å². The minimum atomic E-state index is -0.778. The van der Waals surface area contributed by atoms with E-state index in [-0.39, 0.29) is 31.1 Å². The summed E-state index contributed by atoms with van der Waals surface area (Å²) in [5.41, 5.74) is 0. The van der Waals surface area contributed by atoms with Gasteiger partial charge in [0.1, 0.15) is 13.2 Å². The van der Waals surface area contributed by atoms with Gasteiger partial charge < -0.3 is 14.2 Å². The van der Waals surface area contributed by atoms with Crippen LogP contribution in [-0.4, -0.2) is 37.2 Å². The van der Waals surface area contributed by atoms with Crippen LogP contribution in [0.15, 0.2) is 60.8 Å². The number of ether oxygens (including phenoxy) is 3. The van der Waals surface area contributed by atoms with Gasteiger partial charge in [0, 0.05) is 19.3 Å². The molecule has 0 radical (unpaired) electrons. The van der Waals surface area contributed by atoms with Crippen molar-refractivity contribution in [1.82, 2.24) is 0 Å². The van der Waals surface area contributed by atoms with Crippen LogP contribution in [0.1, 0.15) is 297 Å². The van der Waals surface area contributed by atoms with Gasteiger partial charge >= 0.3 is 17.9 Å². The lowest BCUT2D eigenvalue weighted by Gasteiger charge is -2.18. The normalized spacial score (nSPS) is 12.5. The highest BCUT2D eigenvalue weighted by atomic mass is 16.6. The van der Waals surface area contributed by atoms with Crippen LogP contribution in [0.3, 0.4) is 0 Å². The van der Waals surface area contributed by atoms with Crippen molar-refractivity contribution in [3.63, 3.8) is 0 Å². The van der Waals surface area contributed by atoms with Crippen molar-refractivity contribution in [2.75, 3.05) is 13.2 Å². The summed E-state index contributed by atoms with van der Waals surface area (Å²) >= 11 is 0. The molecule has 0 saturated heterocycles. The Balaban J connectivity index is 4.31. The van der Waals surface area contributed by atoms with E-state index >= 15 is 0 Å². The summed E-state index contributed by atoms with van der Waals surface area (Å²) in [7, 11) is 0. The second-order valence-corrected chi connectivity index (χ2v) is 19.5. The van der Waals surface area contributed by atoms with Gasteiger partial charge in [-0.05, 0) is 77.0 Å². The average molecular weight is 952 g/mol. The molecular weight excluding hydrogens is 841 g/mol. The molecule has 0 fully saturated rings. The largest absolute Gasteiger partial charge is 0.462 e. The van der Waals surface area contributed by atoms with E-state index in [0.717, 1.165) is 96.3 Å². The minimum absolute atomic E-state index is 0.0786. The molecule has 1 atom stereocenters. The molecule has 0 spiro atoms. The third kappa shape index (κ3) is 54.1. The Hall–Kier alpha value is -2.89. The first-order chi connectivity index (χ1) is 33.5. The second kappa shape index (κ2) is 56.7. The maximum Gasteiger partial charge on any atom is 0.306 e. The molecule has 0 bridgehead atoms. The second-order valence-electron chi connectivity index (χ2n) is 19.5. The number of carbonyl (C=O) groups excluding carboxylic acids is 3. The summed E-state index contributed by atoms with van der Waals surface area (Å²) < 4.78 is 16.9. The molecule has 0 aliphatic heterocycles.